The number of carbonyl (C=O) groups excluding carboxylic acids is 1. The SMILES string of the molecule is CC1NCCC1C(=O)OC1CCN(C)CC1. The minimum atomic E-state index is 0.00653. The van der Waals surface area contributed by atoms with Gasteiger partial charge in [-0.3, -0.25) is 4.79 Å². The first-order valence-electron chi connectivity index (χ1n) is 6.29. The van der Waals surface area contributed by atoms with E-state index in [2.05, 4.69) is 24.2 Å². The number of hydrogen-bond donors (Lipinski definition) is 1. The molecule has 0 amide bonds. The molecule has 2 aliphatic rings. The van der Waals surface area contributed by atoms with E-state index < -0.39 is 0 Å². The molecule has 92 valence electrons. The lowest BCUT2D eigenvalue weighted by Gasteiger charge is -2.29. The van der Waals surface area contributed by atoms with Crippen LogP contribution in [0.3, 0.4) is 0 Å². The maximum Gasteiger partial charge on any atom is 0.310 e. The van der Waals surface area contributed by atoms with Gasteiger partial charge in [0, 0.05) is 19.1 Å². The van der Waals surface area contributed by atoms with Gasteiger partial charge in [0.15, 0.2) is 0 Å². The first-order valence-corrected chi connectivity index (χ1v) is 6.29. The van der Waals surface area contributed by atoms with Crippen molar-refractivity contribution < 1.29 is 9.53 Å². The van der Waals surface area contributed by atoms with Crippen molar-refractivity contribution in [2.24, 2.45) is 5.92 Å². The molecule has 4 heteroatoms. The largest absolute Gasteiger partial charge is 0.462 e. The summed E-state index contributed by atoms with van der Waals surface area (Å²) in [6.45, 7) is 5.08. The maximum absolute atomic E-state index is 11.9. The van der Waals surface area contributed by atoms with E-state index in [9.17, 15) is 4.79 Å². The number of esters is 1. The van der Waals surface area contributed by atoms with E-state index in [1.807, 2.05) is 0 Å². The summed E-state index contributed by atoms with van der Waals surface area (Å²) in [5, 5.41) is 3.29. The molecule has 0 saturated carbocycles. The normalized spacial score (nSPS) is 32.9. The van der Waals surface area contributed by atoms with Crippen molar-refractivity contribution >= 4 is 5.97 Å². The minimum absolute atomic E-state index is 0.00653. The molecule has 0 aliphatic carbocycles. The van der Waals surface area contributed by atoms with E-state index in [0.717, 1.165) is 38.9 Å². The predicted molar refractivity (Wildman–Crippen MR) is 62.2 cm³/mol. The van der Waals surface area contributed by atoms with E-state index >= 15 is 0 Å². The third-order valence-corrected chi connectivity index (χ3v) is 3.78. The van der Waals surface area contributed by atoms with Crippen LogP contribution in [0.4, 0.5) is 0 Å². The Morgan fingerprint density at radius 2 is 2.00 bits per heavy atom. The molecule has 2 rings (SSSR count). The molecule has 0 spiro atoms. The molecule has 2 fully saturated rings. The third kappa shape index (κ3) is 2.74. The second-order valence-corrected chi connectivity index (χ2v) is 5.08. The monoisotopic (exact) mass is 226 g/mol. The fourth-order valence-corrected chi connectivity index (χ4v) is 2.54. The van der Waals surface area contributed by atoms with Crippen molar-refractivity contribution in [1.29, 1.82) is 0 Å². The first kappa shape index (κ1) is 11.9. The van der Waals surface area contributed by atoms with Gasteiger partial charge in [-0.2, -0.15) is 0 Å². The van der Waals surface area contributed by atoms with Crippen LogP contribution in [0.2, 0.25) is 0 Å². The number of ether oxygens (including phenoxy) is 1. The van der Waals surface area contributed by atoms with Crippen molar-refractivity contribution in [2.75, 3.05) is 26.7 Å². The summed E-state index contributed by atoms with van der Waals surface area (Å²) < 4.78 is 5.59. The number of likely N-dealkylation sites (tertiary alicyclic amines) is 1. The highest BCUT2D eigenvalue weighted by atomic mass is 16.5. The van der Waals surface area contributed by atoms with Crippen molar-refractivity contribution in [1.82, 2.24) is 10.2 Å². The van der Waals surface area contributed by atoms with Crippen molar-refractivity contribution in [3.05, 3.63) is 0 Å². The average Bonchev–Trinajstić information content (AvgIpc) is 2.68. The minimum Gasteiger partial charge on any atom is -0.462 e. The molecule has 0 radical (unpaired) electrons. The summed E-state index contributed by atoms with van der Waals surface area (Å²) in [7, 11) is 2.11. The van der Waals surface area contributed by atoms with Gasteiger partial charge >= 0.3 is 5.97 Å². The number of hydrogen-bond acceptors (Lipinski definition) is 4. The molecule has 0 aromatic rings. The van der Waals surface area contributed by atoms with E-state index in [-0.39, 0.29) is 24.0 Å². The summed E-state index contributed by atoms with van der Waals surface area (Å²) in [5.74, 6) is 0.0757. The van der Waals surface area contributed by atoms with Crippen molar-refractivity contribution in [3.63, 3.8) is 0 Å². The van der Waals surface area contributed by atoms with Gasteiger partial charge in [-0.05, 0) is 39.8 Å². The Hall–Kier alpha value is -0.610. The Labute approximate surface area is 97.3 Å². The molecular weight excluding hydrogens is 204 g/mol. The second kappa shape index (κ2) is 5.15. The molecule has 16 heavy (non-hydrogen) atoms. The summed E-state index contributed by atoms with van der Waals surface area (Å²) in [5.41, 5.74) is 0. The lowest BCUT2D eigenvalue weighted by Crippen LogP contribution is -2.38. The highest BCUT2D eigenvalue weighted by Gasteiger charge is 2.32. The lowest BCUT2D eigenvalue weighted by atomic mass is 10.0. The maximum atomic E-state index is 11.9. The Morgan fingerprint density at radius 1 is 1.31 bits per heavy atom. The van der Waals surface area contributed by atoms with Crippen LogP contribution in [0.25, 0.3) is 0 Å². The number of nitrogens with zero attached hydrogens (tertiary/aromatic N) is 1. The van der Waals surface area contributed by atoms with Gasteiger partial charge in [-0.25, -0.2) is 0 Å². The molecule has 2 atom stereocenters. The van der Waals surface area contributed by atoms with Crippen LogP contribution < -0.4 is 5.32 Å². The van der Waals surface area contributed by atoms with Gasteiger partial charge in [0.25, 0.3) is 0 Å². The smallest absolute Gasteiger partial charge is 0.310 e. The zero-order valence-corrected chi connectivity index (χ0v) is 10.2. The zero-order chi connectivity index (χ0) is 11.5. The standard InChI is InChI=1S/C12H22N2O2/c1-9-11(3-6-13-9)12(15)16-10-4-7-14(2)8-5-10/h9-11,13H,3-8H2,1-2H3. The van der Waals surface area contributed by atoms with Gasteiger partial charge in [0.1, 0.15) is 6.10 Å². The van der Waals surface area contributed by atoms with Crippen molar-refractivity contribution in [2.45, 2.75) is 38.3 Å². The van der Waals surface area contributed by atoms with Crippen molar-refractivity contribution in [3.8, 4) is 0 Å². The zero-order valence-electron chi connectivity index (χ0n) is 10.2. The van der Waals surface area contributed by atoms with Crippen LogP contribution in [0.15, 0.2) is 0 Å². The quantitative estimate of drug-likeness (QED) is 0.701. The highest BCUT2D eigenvalue weighted by molar-refractivity contribution is 5.73. The van der Waals surface area contributed by atoms with Crippen LogP contribution in [0.1, 0.15) is 26.2 Å². The second-order valence-electron chi connectivity index (χ2n) is 5.08. The summed E-state index contributed by atoms with van der Waals surface area (Å²) >= 11 is 0. The number of piperidine rings is 1. The average molecular weight is 226 g/mol. The van der Waals surface area contributed by atoms with Crippen LogP contribution in [-0.2, 0) is 9.53 Å². The van der Waals surface area contributed by atoms with Crippen LogP contribution >= 0.6 is 0 Å². The molecule has 2 unspecified atom stereocenters. The van der Waals surface area contributed by atoms with Crippen LogP contribution in [-0.4, -0.2) is 49.7 Å². The van der Waals surface area contributed by atoms with E-state index in [0.29, 0.717) is 0 Å². The molecule has 2 saturated heterocycles. The van der Waals surface area contributed by atoms with Crippen LogP contribution in [0.5, 0.6) is 0 Å². The number of rotatable bonds is 2. The Bertz CT molecular complexity index is 249. The Morgan fingerprint density at radius 3 is 2.56 bits per heavy atom. The molecular formula is C12H22N2O2. The number of carbonyl (C=O) groups is 1. The highest BCUT2D eigenvalue weighted by Crippen LogP contribution is 2.20. The number of nitrogens with one attached hydrogen (secondary N) is 1. The van der Waals surface area contributed by atoms with E-state index in [1.165, 1.54) is 0 Å². The molecule has 4 nitrogen and oxygen atoms in total. The van der Waals surface area contributed by atoms with Gasteiger partial charge in [0.2, 0.25) is 0 Å². The Kier molecular flexibility index (Phi) is 3.82. The van der Waals surface area contributed by atoms with Gasteiger partial charge in [0.05, 0.1) is 5.92 Å². The van der Waals surface area contributed by atoms with Gasteiger partial charge in [-0.1, -0.05) is 0 Å². The summed E-state index contributed by atoms with van der Waals surface area (Å²) in [6.07, 6.45) is 3.04. The Balaban J connectivity index is 1.78. The topological polar surface area (TPSA) is 41.6 Å². The van der Waals surface area contributed by atoms with Gasteiger partial charge in [-0.15, -0.1) is 0 Å². The molecule has 0 aromatic carbocycles. The van der Waals surface area contributed by atoms with Crippen LogP contribution in [0, 0.1) is 5.92 Å². The predicted octanol–water partition coefficient (Wildman–Crippen LogP) is 0.622. The lowest BCUT2D eigenvalue weighted by molar-refractivity contribution is -0.156. The summed E-state index contributed by atoms with van der Waals surface area (Å²) in [4.78, 5) is 14.2. The fourth-order valence-electron chi connectivity index (χ4n) is 2.54. The molecule has 0 bridgehead atoms. The molecule has 2 aliphatic heterocycles. The molecule has 1 N–H and O–H groups in total. The van der Waals surface area contributed by atoms with Gasteiger partial charge < -0.3 is 15.0 Å². The summed E-state index contributed by atoms with van der Waals surface area (Å²) in [6, 6.07) is 0.277. The third-order valence-electron chi connectivity index (χ3n) is 3.78. The fraction of sp³-hybridized carbons (Fsp3) is 0.917. The van der Waals surface area contributed by atoms with E-state index in [1.54, 1.807) is 0 Å². The van der Waals surface area contributed by atoms with E-state index in [4.69, 9.17) is 4.74 Å². The molecule has 0 aromatic heterocycles. The molecule has 2 heterocycles. The first-order chi connectivity index (χ1) is 7.66.